The van der Waals surface area contributed by atoms with E-state index < -0.39 is 0 Å². The normalized spacial score (nSPS) is 14.6. The fourth-order valence-corrected chi connectivity index (χ4v) is 2.83. The van der Waals surface area contributed by atoms with E-state index in [9.17, 15) is 4.79 Å². The van der Waals surface area contributed by atoms with Crippen molar-refractivity contribution in [3.63, 3.8) is 0 Å². The molecule has 1 aromatic rings. The smallest absolute Gasteiger partial charge is 0.230 e. The van der Waals surface area contributed by atoms with Gasteiger partial charge in [-0.25, -0.2) is 0 Å². The average molecular weight is 359 g/mol. The molecule has 1 heterocycles. The molecule has 1 saturated heterocycles. The van der Waals surface area contributed by atoms with Crippen LogP contribution < -0.4 is 19.7 Å². The third kappa shape index (κ3) is 5.00. The maximum absolute atomic E-state index is 12.9. The minimum absolute atomic E-state index is 0. The molecule has 1 N–H and O–H groups in total. The lowest BCUT2D eigenvalue weighted by atomic mass is 9.96. The molecule has 0 atom stereocenters. The number of nitrogens with one attached hydrogen (secondary N) is 1. The van der Waals surface area contributed by atoms with Crippen LogP contribution in [0, 0.1) is 5.92 Å². The number of halogens is 1. The summed E-state index contributed by atoms with van der Waals surface area (Å²) >= 11 is 0. The Morgan fingerprint density at radius 2 is 1.83 bits per heavy atom. The Morgan fingerprint density at radius 1 is 1.17 bits per heavy atom. The Hall–Kier alpha value is -1.50. The molecule has 0 bridgehead atoms. The zero-order valence-electron chi connectivity index (χ0n) is 14.5. The molecule has 24 heavy (non-hydrogen) atoms. The summed E-state index contributed by atoms with van der Waals surface area (Å²) in [6, 6.07) is 5.55. The van der Waals surface area contributed by atoms with Crippen LogP contribution in [-0.2, 0) is 9.53 Å². The first-order valence-electron chi connectivity index (χ1n) is 7.94. The molecule has 136 valence electrons. The van der Waals surface area contributed by atoms with Gasteiger partial charge in [0.05, 0.1) is 20.8 Å². The van der Waals surface area contributed by atoms with Gasteiger partial charge in [-0.05, 0) is 38.1 Å². The van der Waals surface area contributed by atoms with Crippen LogP contribution in [0.2, 0.25) is 0 Å². The van der Waals surface area contributed by atoms with E-state index in [1.54, 1.807) is 26.2 Å². The largest absolute Gasteiger partial charge is 0.493 e. The topological polar surface area (TPSA) is 60.0 Å². The number of hydrogen-bond acceptors (Lipinski definition) is 5. The molecule has 2 rings (SSSR count). The van der Waals surface area contributed by atoms with Gasteiger partial charge in [0.15, 0.2) is 11.5 Å². The summed E-state index contributed by atoms with van der Waals surface area (Å²) in [5.74, 6) is 1.47. The van der Waals surface area contributed by atoms with Gasteiger partial charge in [0.2, 0.25) is 5.91 Å². The number of methoxy groups -OCH3 is 3. The number of nitrogens with zero attached hydrogens (tertiary/aromatic N) is 1. The lowest BCUT2D eigenvalue weighted by molar-refractivity contribution is -0.123. The van der Waals surface area contributed by atoms with Gasteiger partial charge < -0.3 is 24.4 Å². The van der Waals surface area contributed by atoms with Crippen molar-refractivity contribution in [3.8, 4) is 11.5 Å². The number of amides is 1. The molecule has 0 aromatic heterocycles. The summed E-state index contributed by atoms with van der Waals surface area (Å²) < 4.78 is 15.8. The van der Waals surface area contributed by atoms with E-state index in [0.29, 0.717) is 24.7 Å². The predicted molar refractivity (Wildman–Crippen MR) is 96.6 cm³/mol. The zero-order valence-corrected chi connectivity index (χ0v) is 15.4. The van der Waals surface area contributed by atoms with Crippen LogP contribution in [0.5, 0.6) is 11.5 Å². The van der Waals surface area contributed by atoms with Crippen LogP contribution >= 0.6 is 12.4 Å². The molecule has 1 aromatic carbocycles. The molecule has 6 nitrogen and oxygen atoms in total. The lowest BCUT2D eigenvalue weighted by Crippen LogP contribution is -2.42. The lowest BCUT2D eigenvalue weighted by Gasteiger charge is -2.30. The summed E-state index contributed by atoms with van der Waals surface area (Å²) in [5, 5.41) is 3.29. The molecule has 1 aliphatic rings. The Kier molecular flexibility index (Phi) is 8.89. The van der Waals surface area contributed by atoms with Crippen LogP contribution in [0.4, 0.5) is 5.69 Å². The van der Waals surface area contributed by atoms with Crippen molar-refractivity contribution in [3.05, 3.63) is 18.2 Å². The first-order chi connectivity index (χ1) is 11.2. The molecule has 7 heteroatoms. The Morgan fingerprint density at radius 3 is 2.42 bits per heavy atom. The minimum Gasteiger partial charge on any atom is -0.493 e. The van der Waals surface area contributed by atoms with E-state index >= 15 is 0 Å². The van der Waals surface area contributed by atoms with Crippen LogP contribution in [-0.4, -0.2) is 53.5 Å². The number of benzene rings is 1. The van der Waals surface area contributed by atoms with Crippen LogP contribution in [0.25, 0.3) is 0 Å². The van der Waals surface area contributed by atoms with Gasteiger partial charge in [0, 0.05) is 31.3 Å². The molecule has 1 amide bonds. The molecule has 1 fully saturated rings. The van der Waals surface area contributed by atoms with Crippen molar-refractivity contribution in [1.29, 1.82) is 0 Å². The summed E-state index contributed by atoms with van der Waals surface area (Å²) in [4.78, 5) is 14.7. The molecule has 0 aliphatic carbocycles. The van der Waals surface area contributed by atoms with Crippen molar-refractivity contribution < 1.29 is 19.0 Å². The van der Waals surface area contributed by atoms with Gasteiger partial charge in [-0.15, -0.1) is 12.4 Å². The molecular weight excluding hydrogens is 332 g/mol. The molecule has 0 unspecified atom stereocenters. The van der Waals surface area contributed by atoms with Crippen molar-refractivity contribution in [2.45, 2.75) is 12.8 Å². The van der Waals surface area contributed by atoms with Crippen molar-refractivity contribution in [2.75, 3.05) is 52.5 Å². The number of ether oxygens (including phenoxy) is 3. The van der Waals surface area contributed by atoms with E-state index in [-0.39, 0.29) is 24.2 Å². The van der Waals surface area contributed by atoms with E-state index in [4.69, 9.17) is 14.2 Å². The molecule has 1 aliphatic heterocycles. The van der Waals surface area contributed by atoms with Gasteiger partial charge in [0.25, 0.3) is 0 Å². The van der Waals surface area contributed by atoms with Gasteiger partial charge in [0.1, 0.15) is 0 Å². The standard InChI is InChI=1S/C17H26N2O4.ClH/c1-21-11-10-19(17(20)13-6-8-18-9-7-13)14-4-5-15(22-2)16(12-14)23-3;/h4-5,12-13,18H,6-11H2,1-3H3;1H. The van der Waals surface area contributed by atoms with Gasteiger partial charge in [-0.3, -0.25) is 4.79 Å². The maximum atomic E-state index is 12.9. The predicted octanol–water partition coefficient (Wildman–Crippen LogP) is 2.10. The third-order valence-corrected chi connectivity index (χ3v) is 4.15. The summed E-state index contributed by atoms with van der Waals surface area (Å²) in [6.07, 6.45) is 1.74. The number of anilines is 1. The fraction of sp³-hybridized carbons (Fsp3) is 0.588. The molecule has 0 saturated carbocycles. The van der Waals surface area contributed by atoms with E-state index in [1.807, 2.05) is 18.2 Å². The van der Waals surface area contributed by atoms with Crippen molar-refractivity contribution in [2.24, 2.45) is 5.92 Å². The summed E-state index contributed by atoms with van der Waals surface area (Å²) in [6.45, 7) is 2.79. The van der Waals surface area contributed by atoms with Gasteiger partial charge in [-0.2, -0.15) is 0 Å². The summed E-state index contributed by atoms with van der Waals surface area (Å²) in [5.41, 5.74) is 0.809. The zero-order chi connectivity index (χ0) is 16.7. The van der Waals surface area contributed by atoms with E-state index in [1.165, 1.54) is 0 Å². The van der Waals surface area contributed by atoms with Gasteiger partial charge >= 0.3 is 0 Å². The number of carbonyl (C=O) groups excluding carboxylic acids is 1. The third-order valence-electron chi connectivity index (χ3n) is 4.15. The number of carbonyl (C=O) groups is 1. The first-order valence-corrected chi connectivity index (χ1v) is 7.94. The number of piperidine rings is 1. The second-order valence-corrected chi connectivity index (χ2v) is 5.55. The Bertz CT molecular complexity index is 521. The van der Waals surface area contributed by atoms with Crippen molar-refractivity contribution in [1.82, 2.24) is 5.32 Å². The van der Waals surface area contributed by atoms with E-state index in [2.05, 4.69) is 5.32 Å². The molecular formula is C17H27ClN2O4. The van der Waals surface area contributed by atoms with E-state index in [0.717, 1.165) is 31.6 Å². The minimum atomic E-state index is 0. The van der Waals surface area contributed by atoms with Crippen LogP contribution in [0.15, 0.2) is 18.2 Å². The highest BCUT2D eigenvalue weighted by Crippen LogP contribution is 2.32. The second-order valence-electron chi connectivity index (χ2n) is 5.55. The summed E-state index contributed by atoms with van der Waals surface area (Å²) in [7, 11) is 4.83. The molecule has 0 spiro atoms. The average Bonchev–Trinajstić information content (AvgIpc) is 2.62. The van der Waals surface area contributed by atoms with Gasteiger partial charge in [-0.1, -0.05) is 0 Å². The highest BCUT2D eigenvalue weighted by molar-refractivity contribution is 5.95. The highest BCUT2D eigenvalue weighted by atomic mass is 35.5. The fourth-order valence-electron chi connectivity index (χ4n) is 2.83. The number of rotatable bonds is 7. The van der Waals surface area contributed by atoms with Crippen LogP contribution in [0.3, 0.4) is 0 Å². The Labute approximate surface area is 149 Å². The highest BCUT2D eigenvalue weighted by Gasteiger charge is 2.27. The maximum Gasteiger partial charge on any atom is 0.230 e. The first kappa shape index (κ1) is 20.5. The SMILES string of the molecule is COCCN(C(=O)C1CCNCC1)c1ccc(OC)c(OC)c1.Cl. The number of hydrogen-bond donors (Lipinski definition) is 1. The molecule has 0 radical (unpaired) electrons. The Balaban J connectivity index is 0.00000288. The quantitative estimate of drug-likeness (QED) is 0.809. The second kappa shape index (κ2) is 10.4. The monoisotopic (exact) mass is 358 g/mol. The van der Waals surface area contributed by atoms with Crippen LogP contribution in [0.1, 0.15) is 12.8 Å². The van der Waals surface area contributed by atoms with Crippen molar-refractivity contribution >= 4 is 24.0 Å².